The molecule has 2 atom stereocenters. The monoisotopic (exact) mass is 171 g/mol. The highest BCUT2D eigenvalue weighted by atomic mass is 16.5. The Morgan fingerprint density at radius 2 is 2.42 bits per heavy atom. The molecule has 2 unspecified atom stereocenters. The fourth-order valence-corrected chi connectivity index (χ4v) is 1.39. The lowest BCUT2D eigenvalue weighted by atomic mass is 10.2. The molecule has 0 amide bonds. The van der Waals surface area contributed by atoms with Crippen molar-refractivity contribution in [3.05, 3.63) is 0 Å². The van der Waals surface area contributed by atoms with Gasteiger partial charge in [0.2, 0.25) is 0 Å². The van der Waals surface area contributed by atoms with Crippen LogP contribution in [0.1, 0.15) is 13.8 Å². The van der Waals surface area contributed by atoms with E-state index in [9.17, 15) is 0 Å². The van der Waals surface area contributed by atoms with Gasteiger partial charge in [-0.2, -0.15) is 0 Å². The zero-order valence-electron chi connectivity index (χ0n) is 7.71. The summed E-state index contributed by atoms with van der Waals surface area (Å²) in [5.41, 5.74) is 5.41. The summed E-state index contributed by atoms with van der Waals surface area (Å²) < 4.78 is 5.38. The maximum atomic E-state index is 7.30. The van der Waals surface area contributed by atoms with Crippen molar-refractivity contribution in [1.82, 2.24) is 4.90 Å². The molecular weight excluding hydrogens is 154 g/mol. The van der Waals surface area contributed by atoms with Crippen LogP contribution >= 0.6 is 0 Å². The molecule has 4 nitrogen and oxygen atoms in total. The standard InChI is InChI=1S/C8H17N3O/c1-6-5-11(3-4-12-6)7(2)8(9)10/h6-7H,3-5H2,1-2H3,(H3,9,10). The minimum absolute atomic E-state index is 0.0522. The van der Waals surface area contributed by atoms with Crippen molar-refractivity contribution in [2.75, 3.05) is 19.7 Å². The molecule has 1 rings (SSSR count). The van der Waals surface area contributed by atoms with Crippen molar-refractivity contribution >= 4 is 5.84 Å². The molecule has 0 aliphatic carbocycles. The molecule has 1 heterocycles. The Morgan fingerprint density at radius 3 is 2.92 bits per heavy atom. The van der Waals surface area contributed by atoms with E-state index >= 15 is 0 Å². The van der Waals surface area contributed by atoms with E-state index in [1.54, 1.807) is 0 Å². The summed E-state index contributed by atoms with van der Waals surface area (Å²) in [5.74, 6) is 0.240. The predicted octanol–water partition coefficient (Wildman–Crippen LogP) is 0.0316. The summed E-state index contributed by atoms with van der Waals surface area (Å²) >= 11 is 0. The average Bonchev–Trinajstić information content (AvgIpc) is 2.03. The number of ether oxygens (including phenoxy) is 1. The van der Waals surface area contributed by atoms with E-state index in [1.165, 1.54) is 0 Å². The van der Waals surface area contributed by atoms with E-state index < -0.39 is 0 Å². The fourth-order valence-electron chi connectivity index (χ4n) is 1.39. The molecule has 0 aromatic carbocycles. The van der Waals surface area contributed by atoms with Crippen LogP contribution in [-0.4, -0.2) is 42.6 Å². The number of amidine groups is 1. The Morgan fingerprint density at radius 1 is 1.75 bits per heavy atom. The van der Waals surface area contributed by atoms with Gasteiger partial charge in [-0.05, 0) is 13.8 Å². The third-order valence-corrected chi connectivity index (χ3v) is 2.27. The summed E-state index contributed by atoms with van der Waals surface area (Å²) in [4.78, 5) is 2.18. The Balaban J connectivity index is 2.45. The number of morpholine rings is 1. The Labute approximate surface area is 73.2 Å². The van der Waals surface area contributed by atoms with E-state index in [-0.39, 0.29) is 18.0 Å². The lowest BCUT2D eigenvalue weighted by Crippen LogP contribution is -2.50. The van der Waals surface area contributed by atoms with Crippen LogP contribution in [0.25, 0.3) is 0 Å². The maximum Gasteiger partial charge on any atom is 0.108 e. The van der Waals surface area contributed by atoms with Crippen molar-refractivity contribution in [3.8, 4) is 0 Å². The van der Waals surface area contributed by atoms with Gasteiger partial charge in [-0.1, -0.05) is 0 Å². The van der Waals surface area contributed by atoms with Crippen molar-refractivity contribution in [2.45, 2.75) is 26.0 Å². The van der Waals surface area contributed by atoms with Crippen LogP contribution in [0.3, 0.4) is 0 Å². The first-order valence-corrected chi connectivity index (χ1v) is 4.31. The second-order valence-electron chi connectivity index (χ2n) is 3.31. The van der Waals surface area contributed by atoms with Gasteiger partial charge in [0.1, 0.15) is 5.84 Å². The van der Waals surface area contributed by atoms with E-state index in [0.29, 0.717) is 0 Å². The van der Waals surface area contributed by atoms with E-state index in [1.807, 2.05) is 13.8 Å². The molecule has 0 bridgehead atoms. The maximum absolute atomic E-state index is 7.30. The van der Waals surface area contributed by atoms with E-state index in [0.717, 1.165) is 19.7 Å². The highest BCUT2D eigenvalue weighted by Gasteiger charge is 2.22. The van der Waals surface area contributed by atoms with Crippen LogP contribution in [0.4, 0.5) is 0 Å². The van der Waals surface area contributed by atoms with Gasteiger partial charge in [0.15, 0.2) is 0 Å². The number of rotatable bonds is 2. The Kier molecular flexibility index (Phi) is 3.05. The first kappa shape index (κ1) is 9.48. The molecule has 4 heteroatoms. The summed E-state index contributed by atoms with van der Waals surface area (Å²) in [6.45, 7) is 6.50. The zero-order valence-corrected chi connectivity index (χ0v) is 7.71. The van der Waals surface area contributed by atoms with E-state index in [2.05, 4.69) is 4.90 Å². The van der Waals surface area contributed by atoms with E-state index in [4.69, 9.17) is 15.9 Å². The molecule has 1 fully saturated rings. The van der Waals surface area contributed by atoms with Crippen molar-refractivity contribution < 1.29 is 4.74 Å². The highest BCUT2D eigenvalue weighted by Crippen LogP contribution is 2.07. The normalized spacial score (nSPS) is 28.3. The highest BCUT2D eigenvalue weighted by molar-refractivity contribution is 5.82. The molecule has 70 valence electrons. The third-order valence-electron chi connectivity index (χ3n) is 2.27. The second kappa shape index (κ2) is 3.87. The molecule has 1 aliphatic rings. The van der Waals surface area contributed by atoms with Gasteiger partial charge in [-0.3, -0.25) is 10.3 Å². The quantitative estimate of drug-likeness (QED) is 0.455. The largest absolute Gasteiger partial charge is 0.386 e. The minimum atomic E-state index is 0.0522. The predicted molar refractivity (Wildman–Crippen MR) is 48.4 cm³/mol. The van der Waals surface area contributed by atoms with Gasteiger partial charge in [-0.15, -0.1) is 0 Å². The average molecular weight is 171 g/mol. The Hall–Kier alpha value is -0.610. The number of nitrogens with zero attached hydrogens (tertiary/aromatic N) is 1. The summed E-state index contributed by atoms with van der Waals surface area (Å²) in [6, 6.07) is 0.0522. The SMILES string of the molecule is CC1CN(C(C)C(=N)N)CCO1. The van der Waals surface area contributed by atoms with Gasteiger partial charge in [0.05, 0.1) is 18.8 Å². The fraction of sp³-hybridized carbons (Fsp3) is 0.875. The van der Waals surface area contributed by atoms with Crippen LogP contribution in [0.2, 0.25) is 0 Å². The smallest absolute Gasteiger partial charge is 0.108 e. The third kappa shape index (κ3) is 2.19. The lowest BCUT2D eigenvalue weighted by molar-refractivity contribution is -0.0231. The van der Waals surface area contributed by atoms with Crippen LogP contribution < -0.4 is 5.73 Å². The van der Waals surface area contributed by atoms with Gasteiger partial charge in [0, 0.05) is 13.1 Å². The van der Waals surface area contributed by atoms with Gasteiger partial charge in [0.25, 0.3) is 0 Å². The Bertz CT molecular complexity index is 172. The topological polar surface area (TPSA) is 62.3 Å². The molecule has 0 spiro atoms. The molecule has 1 aliphatic heterocycles. The van der Waals surface area contributed by atoms with Crippen molar-refractivity contribution in [3.63, 3.8) is 0 Å². The molecule has 3 N–H and O–H groups in total. The first-order valence-electron chi connectivity index (χ1n) is 4.31. The molecule has 0 radical (unpaired) electrons. The molecule has 0 saturated carbocycles. The van der Waals surface area contributed by atoms with Crippen LogP contribution in [0, 0.1) is 5.41 Å². The first-order chi connectivity index (χ1) is 5.61. The van der Waals surface area contributed by atoms with Crippen LogP contribution in [0.5, 0.6) is 0 Å². The summed E-state index contributed by atoms with van der Waals surface area (Å²) in [5, 5.41) is 7.30. The number of nitrogens with two attached hydrogens (primary N) is 1. The molecule has 0 aromatic rings. The number of nitrogens with one attached hydrogen (secondary N) is 1. The molecular formula is C8H17N3O. The summed E-state index contributed by atoms with van der Waals surface area (Å²) in [7, 11) is 0. The van der Waals surface area contributed by atoms with Crippen molar-refractivity contribution in [2.24, 2.45) is 5.73 Å². The van der Waals surface area contributed by atoms with Crippen molar-refractivity contribution in [1.29, 1.82) is 5.41 Å². The van der Waals surface area contributed by atoms with Crippen LogP contribution in [-0.2, 0) is 4.74 Å². The molecule has 0 aromatic heterocycles. The van der Waals surface area contributed by atoms with Gasteiger partial charge in [-0.25, -0.2) is 0 Å². The lowest BCUT2D eigenvalue weighted by Gasteiger charge is -2.34. The summed E-state index contributed by atoms with van der Waals surface area (Å²) in [6.07, 6.45) is 0.264. The number of hydrogen-bond acceptors (Lipinski definition) is 3. The number of hydrogen-bond donors (Lipinski definition) is 2. The molecule has 1 saturated heterocycles. The molecule has 12 heavy (non-hydrogen) atoms. The minimum Gasteiger partial charge on any atom is -0.386 e. The van der Waals surface area contributed by atoms with Crippen LogP contribution in [0.15, 0.2) is 0 Å². The van der Waals surface area contributed by atoms with Gasteiger partial charge >= 0.3 is 0 Å². The zero-order chi connectivity index (χ0) is 9.14. The van der Waals surface area contributed by atoms with Gasteiger partial charge < -0.3 is 10.5 Å². The second-order valence-corrected chi connectivity index (χ2v) is 3.31.